The van der Waals surface area contributed by atoms with Crippen molar-refractivity contribution in [2.75, 3.05) is 5.32 Å². The Balaban J connectivity index is 1.72. The molecule has 1 saturated carbocycles. The van der Waals surface area contributed by atoms with Crippen LogP contribution < -0.4 is 5.32 Å². The number of anilines is 1. The maximum absolute atomic E-state index is 12.6. The molecule has 110 valence electrons. The van der Waals surface area contributed by atoms with Gasteiger partial charge in [-0.15, -0.1) is 0 Å². The number of aryl methyl sites for hydroxylation is 2. The standard InChI is InChI=1S/C17H20N2OS/c1-12-7-13(2)9-15(8-12)18-17(20)19(16-3-4-16)10-14-5-6-21-11-14/h5-9,11,16H,3-4,10H2,1-2H3,(H,18,20). The van der Waals surface area contributed by atoms with Gasteiger partial charge in [-0.1, -0.05) is 6.07 Å². The van der Waals surface area contributed by atoms with Gasteiger partial charge in [0.1, 0.15) is 0 Å². The summed E-state index contributed by atoms with van der Waals surface area (Å²) in [6, 6.07) is 8.63. The summed E-state index contributed by atoms with van der Waals surface area (Å²) in [5.74, 6) is 0. The van der Waals surface area contributed by atoms with E-state index in [2.05, 4.69) is 28.2 Å². The number of urea groups is 1. The monoisotopic (exact) mass is 300 g/mol. The van der Waals surface area contributed by atoms with E-state index in [9.17, 15) is 4.79 Å². The van der Waals surface area contributed by atoms with Crippen LogP contribution in [0.2, 0.25) is 0 Å². The highest BCUT2D eigenvalue weighted by atomic mass is 32.1. The third-order valence-electron chi connectivity index (χ3n) is 3.65. The van der Waals surface area contributed by atoms with Crippen LogP contribution in [-0.2, 0) is 6.54 Å². The van der Waals surface area contributed by atoms with Gasteiger partial charge in [0.05, 0.1) is 0 Å². The van der Waals surface area contributed by atoms with E-state index in [-0.39, 0.29) is 6.03 Å². The number of thiophene rings is 1. The van der Waals surface area contributed by atoms with Crippen LogP contribution in [0.5, 0.6) is 0 Å². The third-order valence-corrected chi connectivity index (χ3v) is 4.39. The number of nitrogens with zero attached hydrogens (tertiary/aromatic N) is 1. The van der Waals surface area contributed by atoms with Gasteiger partial charge in [0, 0.05) is 18.3 Å². The molecule has 1 aromatic carbocycles. The number of carbonyl (C=O) groups excluding carboxylic acids is 1. The summed E-state index contributed by atoms with van der Waals surface area (Å²) in [4.78, 5) is 14.5. The number of amides is 2. The van der Waals surface area contributed by atoms with Crippen molar-refractivity contribution in [2.24, 2.45) is 0 Å². The molecule has 2 aromatic rings. The minimum absolute atomic E-state index is 0.00806. The molecule has 0 radical (unpaired) electrons. The Labute approximate surface area is 129 Å². The van der Waals surface area contributed by atoms with E-state index in [4.69, 9.17) is 0 Å². The van der Waals surface area contributed by atoms with Crippen molar-refractivity contribution < 1.29 is 4.79 Å². The smallest absolute Gasteiger partial charge is 0.317 e. The highest BCUT2D eigenvalue weighted by Gasteiger charge is 2.32. The number of carbonyl (C=O) groups is 1. The SMILES string of the molecule is Cc1cc(C)cc(NC(=O)N(Cc2ccsc2)C2CC2)c1. The molecule has 0 bridgehead atoms. The zero-order valence-electron chi connectivity index (χ0n) is 12.4. The van der Waals surface area contributed by atoms with Crippen LogP contribution >= 0.6 is 11.3 Å². The van der Waals surface area contributed by atoms with Crippen molar-refractivity contribution in [1.29, 1.82) is 0 Å². The highest BCUT2D eigenvalue weighted by Crippen LogP contribution is 2.29. The van der Waals surface area contributed by atoms with Gasteiger partial charge >= 0.3 is 6.03 Å². The van der Waals surface area contributed by atoms with Crippen molar-refractivity contribution in [1.82, 2.24) is 4.90 Å². The van der Waals surface area contributed by atoms with Crippen LogP contribution in [0.25, 0.3) is 0 Å². The van der Waals surface area contributed by atoms with Crippen LogP contribution in [0.3, 0.4) is 0 Å². The lowest BCUT2D eigenvalue weighted by atomic mass is 10.1. The first-order chi connectivity index (χ1) is 10.1. The fourth-order valence-electron chi connectivity index (χ4n) is 2.57. The van der Waals surface area contributed by atoms with Gasteiger partial charge in [-0.25, -0.2) is 4.79 Å². The minimum Gasteiger partial charge on any atom is -0.317 e. The van der Waals surface area contributed by atoms with E-state index < -0.39 is 0 Å². The molecule has 1 heterocycles. The lowest BCUT2D eigenvalue weighted by molar-refractivity contribution is 0.206. The largest absolute Gasteiger partial charge is 0.322 e. The van der Waals surface area contributed by atoms with Gasteiger partial charge in [-0.05, 0) is 72.3 Å². The molecule has 0 unspecified atom stereocenters. The first-order valence-corrected chi connectivity index (χ1v) is 8.23. The van der Waals surface area contributed by atoms with Gasteiger partial charge in [0.15, 0.2) is 0 Å². The Morgan fingerprint density at radius 3 is 2.57 bits per heavy atom. The molecular formula is C17H20N2OS. The quantitative estimate of drug-likeness (QED) is 0.882. The van der Waals surface area contributed by atoms with Gasteiger partial charge in [0.25, 0.3) is 0 Å². The molecule has 0 spiro atoms. The van der Waals surface area contributed by atoms with E-state index in [0.717, 1.165) is 18.5 Å². The fraction of sp³-hybridized carbons (Fsp3) is 0.353. The predicted molar refractivity (Wildman–Crippen MR) is 87.8 cm³/mol. The zero-order chi connectivity index (χ0) is 14.8. The maximum Gasteiger partial charge on any atom is 0.322 e. The molecule has 2 amide bonds. The molecule has 21 heavy (non-hydrogen) atoms. The maximum atomic E-state index is 12.6. The van der Waals surface area contributed by atoms with E-state index in [1.165, 1.54) is 16.7 Å². The summed E-state index contributed by atoms with van der Waals surface area (Å²) >= 11 is 1.67. The number of hydrogen-bond donors (Lipinski definition) is 1. The van der Waals surface area contributed by atoms with Crippen molar-refractivity contribution in [2.45, 2.75) is 39.3 Å². The Bertz CT molecular complexity index is 612. The second-order valence-corrected chi connectivity index (χ2v) is 6.58. The van der Waals surface area contributed by atoms with Crippen LogP contribution in [-0.4, -0.2) is 17.0 Å². The Morgan fingerprint density at radius 2 is 2.00 bits per heavy atom. The molecule has 0 saturated heterocycles. The minimum atomic E-state index is 0.00806. The van der Waals surface area contributed by atoms with Crippen LogP contribution in [0.4, 0.5) is 10.5 Å². The van der Waals surface area contributed by atoms with Gasteiger partial charge < -0.3 is 10.2 Å². The second kappa shape index (κ2) is 5.90. The van der Waals surface area contributed by atoms with Gasteiger partial charge in [-0.3, -0.25) is 0 Å². The number of hydrogen-bond acceptors (Lipinski definition) is 2. The summed E-state index contributed by atoms with van der Waals surface area (Å²) in [6.07, 6.45) is 2.23. The Kier molecular flexibility index (Phi) is 3.97. The second-order valence-electron chi connectivity index (χ2n) is 5.80. The molecule has 1 aliphatic carbocycles. The number of benzene rings is 1. The summed E-state index contributed by atoms with van der Waals surface area (Å²) in [6.45, 7) is 4.80. The van der Waals surface area contributed by atoms with E-state index in [0.29, 0.717) is 12.6 Å². The number of rotatable bonds is 4. The summed E-state index contributed by atoms with van der Waals surface area (Å²) < 4.78 is 0. The number of nitrogens with one attached hydrogen (secondary N) is 1. The van der Waals surface area contributed by atoms with Crippen molar-refractivity contribution in [3.63, 3.8) is 0 Å². The average molecular weight is 300 g/mol. The normalized spacial score (nSPS) is 14.0. The topological polar surface area (TPSA) is 32.3 Å². The summed E-state index contributed by atoms with van der Waals surface area (Å²) in [5, 5.41) is 7.22. The van der Waals surface area contributed by atoms with Crippen LogP contribution in [0.15, 0.2) is 35.0 Å². The van der Waals surface area contributed by atoms with Gasteiger partial charge in [0.2, 0.25) is 0 Å². The molecule has 3 rings (SSSR count). The first-order valence-electron chi connectivity index (χ1n) is 7.29. The van der Waals surface area contributed by atoms with Crippen LogP contribution in [0.1, 0.15) is 29.5 Å². The molecule has 3 nitrogen and oxygen atoms in total. The van der Waals surface area contributed by atoms with E-state index >= 15 is 0 Å². The summed E-state index contributed by atoms with van der Waals surface area (Å²) in [5.41, 5.74) is 4.43. The molecule has 1 aliphatic rings. The third kappa shape index (κ3) is 3.64. The average Bonchev–Trinajstić information content (AvgIpc) is 3.11. The van der Waals surface area contributed by atoms with Gasteiger partial charge in [-0.2, -0.15) is 11.3 Å². The molecule has 1 fully saturated rings. The lowest BCUT2D eigenvalue weighted by Gasteiger charge is -2.22. The molecule has 0 atom stereocenters. The Morgan fingerprint density at radius 1 is 1.29 bits per heavy atom. The highest BCUT2D eigenvalue weighted by molar-refractivity contribution is 7.07. The predicted octanol–water partition coefficient (Wildman–Crippen LogP) is 4.56. The Hall–Kier alpha value is -1.81. The van der Waals surface area contributed by atoms with Crippen molar-refractivity contribution in [3.8, 4) is 0 Å². The molecule has 1 N–H and O–H groups in total. The summed E-state index contributed by atoms with van der Waals surface area (Å²) in [7, 11) is 0. The zero-order valence-corrected chi connectivity index (χ0v) is 13.2. The first kappa shape index (κ1) is 14.1. The fourth-order valence-corrected chi connectivity index (χ4v) is 3.23. The van der Waals surface area contributed by atoms with E-state index in [1.807, 2.05) is 30.9 Å². The van der Waals surface area contributed by atoms with Crippen LogP contribution in [0, 0.1) is 13.8 Å². The molecule has 0 aliphatic heterocycles. The molecule has 1 aromatic heterocycles. The molecule has 4 heteroatoms. The molecular weight excluding hydrogens is 280 g/mol. The lowest BCUT2D eigenvalue weighted by Crippen LogP contribution is -2.36. The van der Waals surface area contributed by atoms with E-state index in [1.54, 1.807) is 11.3 Å². The van der Waals surface area contributed by atoms with Crippen molar-refractivity contribution >= 4 is 23.1 Å². The van der Waals surface area contributed by atoms with Crippen molar-refractivity contribution in [3.05, 3.63) is 51.7 Å².